The van der Waals surface area contributed by atoms with Crippen LogP contribution in [0.4, 0.5) is 4.39 Å². The summed E-state index contributed by atoms with van der Waals surface area (Å²) < 4.78 is 13.8. The molecule has 20 heavy (non-hydrogen) atoms. The van der Waals surface area contributed by atoms with Gasteiger partial charge in [0.1, 0.15) is 12.4 Å². The molecule has 0 spiro atoms. The van der Waals surface area contributed by atoms with Crippen molar-refractivity contribution >= 4 is 23.5 Å². The molecule has 108 valence electrons. The third-order valence-electron chi connectivity index (χ3n) is 3.49. The molecule has 0 bridgehead atoms. The van der Waals surface area contributed by atoms with E-state index in [2.05, 4.69) is 0 Å². The molecule has 1 aromatic rings. The topological polar surface area (TPSA) is 57.6 Å². The van der Waals surface area contributed by atoms with E-state index in [0.717, 1.165) is 31.7 Å². The molecule has 0 atom stereocenters. The van der Waals surface area contributed by atoms with Crippen LogP contribution in [0.2, 0.25) is 5.02 Å². The van der Waals surface area contributed by atoms with E-state index in [1.54, 1.807) is 0 Å². The molecule has 2 rings (SSSR count). The summed E-state index contributed by atoms with van der Waals surface area (Å²) in [5.74, 6) is -2.40. The summed E-state index contributed by atoms with van der Waals surface area (Å²) in [6.07, 6.45) is 3.40. The first-order chi connectivity index (χ1) is 9.49. The summed E-state index contributed by atoms with van der Waals surface area (Å²) in [5, 5.41) is 9.20. The maximum atomic E-state index is 13.8. The Balaban J connectivity index is 2.29. The summed E-state index contributed by atoms with van der Waals surface area (Å²) in [6, 6.07) is 3.56. The molecule has 1 saturated carbocycles. The molecular formula is C14H15ClFNO3. The number of nitrogens with zero attached hydrogens (tertiary/aromatic N) is 1. The van der Waals surface area contributed by atoms with Crippen LogP contribution in [0.5, 0.6) is 0 Å². The molecule has 1 N–H and O–H groups in total. The van der Waals surface area contributed by atoms with Gasteiger partial charge in [0, 0.05) is 11.1 Å². The zero-order chi connectivity index (χ0) is 14.7. The van der Waals surface area contributed by atoms with E-state index in [-0.39, 0.29) is 16.6 Å². The number of hydrogen-bond acceptors (Lipinski definition) is 2. The maximum absolute atomic E-state index is 13.8. The van der Waals surface area contributed by atoms with E-state index in [4.69, 9.17) is 16.7 Å². The van der Waals surface area contributed by atoms with Crippen molar-refractivity contribution in [3.8, 4) is 0 Å². The van der Waals surface area contributed by atoms with E-state index in [1.165, 1.54) is 17.0 Å². The normalized spacial score (nSPS) is 15.3. The van der Waals surface area contributed by atoms with Gasteiger partial charge in [-0.15, -0.1) is 0 Å². The molecule has 0 radical (unpaired) electrons. The van der Waals surface area contributed by atoms with Crippen molar-refractivity contribution in [3.05, 3.63) is 34.6 Å². The van der Waals surface area contributed by atoms with E-state index < -0.39 is 24.2 Å². The van der Waals surface area contributed by atoms with Crippen LogP contribution in [-0.4, -0.2) is 34.5 Å². The first-order valence-electron chi connectivity index (χ1n) is 6.47. The molecule has 0 unspecified atom stereocenters. The fraction of sp³-hybridized carbons (Fsp3) is 0.429. The quantitative estimate of drug-likeness (QED) is 0.930. The highest BCUT2D eigenvalue weighted by atomic mass is 35.5. The molecule has 1 aliphatic rings. The minimum absolute atomic E-state index is 0.142. The smallest absolute Gasteiger partial charge is 0.323 e. The Morgan fingerprint density at radius 1 is 1.35 bits per heavy atom. The number of halogens is 2. The molecule has 1 fully saturated rings. The van der Waals surface area contributed by atoms with Crippen LogP contribution in [0.25, 0.3) is 0 Å². The molecule has 1 aromatic carbocycles. The second kappa shape index (κ2) is 6.22. The monoisotopic (exact) mass is 299 g/mol. The Labute approximate surface area is 121 Å². The highest BCUT2D eigenvalue weighted by molar-refractivity contribution is 6.31. The van der Waals surface area contributed by atoms with E-state index in [1.807, 2.05) is 0 Å². The van der Waals surface area contributed by atoms with E-state index >= 15 is 0 Å². The van der Waals surface area contributed by atoms with E-state index in [0.29, 0.717) is 0 Å². The van der Waals surface area contributed by atoms with Gasteiger partial charge in [0.2, 0.25) is 0 Å². The van der Waals surface area contributed by atoms with Crippen LogP contribution in [0.15, 0.2) is 18.2 Å². The van der Waals surface area contributed by atoms with Gasteiger partial charge in [0.25, 0.3) is 5.91 Å². The van der Waals surface area contributed by atoms with Gasteiger partial charge in [-0.25, -0.2) is 4.39 Å². The second-order valence-corrected chi connectivity index (χ2v) is 5.33. The fourth-order valence-electron chi connectivity index (χ4n) is 2.54. The van der Waals surface area contributed by atoms with Gasteiger partial charge < -0.3 is 10.0 Å². The molecule has 0 heterocycles. The Bertz CT molecular complexity index is 529. The summed E-state index contributed by atoms with van der Waals surface area (Å²) in [5.41, 5.74) is -0.175. The predicted molar refractivity (Wildman–Crippen MR) is 72.3 cm³/mol. The SMILES string of the molecule is O=C(O)CN(C(=O)c1cc(Cl)ccc1F)C1CCCC1. The van der Waals surface area contributed by atoms with Crippen LogP contribution < -0.4 is 0 Å². The molecular weight excluding hydrogens is 285 g/mol. The molecule has 4 nitrogen and oxygen atoms in total. The van der Waals surface area contributed by atoms with Crippen LogP contribution >= 0.6 is 11.6 Å². The molecule has 0 saturated heterocycles. The number of rotatable bonds is 4. The first-order valence-corrected chi connectivity index (χ1v) is 6.84. The summed E-state index contributed by atoms with van der Waals surface area (Å²) in [7, 11) is 0. The predicted octanol–water partition coefficient (Wildman–Crippen LogP) is 2.95. The summed E-state index contributed by atoms with van der Waals surface area (Å²) in [4.78, 5) is 24.6. The fourth-order valence-corrected chi connectivity index (χ4v) is 2.72. The van der Waals surface area contributed by atoms with Crippen LogP contribution in [0.1, 0.15) is 36.0 Å². The van der Waals surface area contributed by atoms with E-state index in [9.17, 15) is 14.0 Å². The minimum atomic E-state index is -1.10. The summed E-state index contributed by atoms with van der Waals surface area (Å²) >= 11 is 5.78. The Hall–Kier alpha value is -1.62. The van der Waals surface area contributed by atoms with Crippen molar-refractivity contribution in [1.29, 1.82) is 0 Å². The highest BCUT2D eigenvalue weighted by Crippen LogP contribution is 2.26. The molecule has 0 aliphatic heterocycles. The van der Waals surface area contributed by atoms with Crippen molar-refractivity contribution in [3.63, 3.8) is 0 Å². The zero-order valence-electron chi connectivity index (χ0n) is 10.8. The van der Waals surface area contributed by atoms with Crippen LogP contribution in [-0.2, 0) is 4.79 Å². The lowest BCUT2D eigenvalue weighted by Crippen LogP contribution is -2.42. The minimum Gasteiger partial charge on any atom is -0.480 e. The largest absolute Gasteiger partial charge is 0.480 e. The van der Waals surface area contributed by atoms with Crippen molar-refractivity contribution in [2.75, 3.05) is 6.54 Å². The molecule has 1 amide bonds. The summed E-state index contributed by atoms with van der Waals surface area (Å²) in [6.45, 7) is -0.421. The van der Waals surface area contributed by atoms with Gasteiger partial charge in [-0.1, -0.05) is 24.4 Å². The van der Waals surface area contributed by atoms with Crippen molar-refractivity contribution in [2.45, 2.75) is 31.7 Å². The third kappa shape index (κ3) is 3.28. The van der Waals surface area contributed by atoms with Gasteiger partial charge in [-0.3, -0.25) is 9.59 Å². The van der Waals surface area contributed by atoms with Crippen LogP contribution in [0.3, 0.4) is 0 Å². The number of benzene rings is 1. The molecule has 6 heteroatoms. The highest BCUT2D eigenvalue weighted by Gasteiger charge is 2.30. The van der Waals surface area contributed by atoms with Gasteiger partial charge in [-0.2, -0.15) is 0 Å². The molecule has 1 aliphatic carbocycles. The van der Waals surface area contributed by atoms with Crippen molar-refractivity contribution in [1.82, 2.24) is 4.90 Å². The first kappa shape index (κ1) is 14.8. The average molecular weight is 300 g/mol. The number of hydrogen-bond donors (Lipinski definition) is 1. The number of carbonyl (C=O) groups excluding carboxylic acids is 1. The van der Waals surface area contributed by atoms with Gasteiger partial charge in [0.05, 0.1) is 5.56 Å². The Morgan fingerprint density at radius 2 is 2.00 bits per heavy atom. The van der Waals surface area contributed by atoms with Crippen molar-refractivity contribution < 1.29 is 19.1 Å². The lowest BCUT2D eigenvalue weighted by Gasteiger charge is -2.27. The second-order valence-electron chi connectivity index (χ2n) is 4.89. The number of amides is 1. The standard InChI is InChI=1S/C14H15ClFNO3/c15-9-5-6-12(16)11(7-9)14(20)17(8-13(18)19)10-3-1-2-4-10/h5-7,10H,1-4,8H2,(H,18,19). The van der Waals surface area contributed by atoms with Crippen LogP contribution in [0, 0.1) is 5.82 Å². The number of aliphatic carboxylic acids is 1. The number of carboxylic acids is 1. The number of carbonyl (C=O) groups is 2. The Kier molecular flexibility index (Phi) is 4.60. The average Bonchev–Trinajstić information content (AvgIpc) is 2.91. The zero-order valence-corrected chi connectivity index (χ0v) is 11.6. The lowest BCUT2D eigenvalue weighted by molar-refractivity contribution is -0.138. The van der Waals surface area contributed by atoms with Gasteiger partial charge in [0.15, 0.2) is 0 Å². The maximum Gasteiger partial charge on any atom is 0.323 e. The molecule has 0 aromatic heterocycles. The lowest BCUT2D eigenvalue weighted by atomic mass is 10.1. The number of carboxylic acid groups (broad SMARTS) is 1. The van der Waals surface area contributed by atoms with Gasteiger partial charge in [-0.05, 0) is 31.0 Å². The van der Waals surface area contributed by atoms with Gasteiger partial charge >= 0.3 is 5.97 Å². The Morgan fingerprint density at radius 3 is 2.60 bits per heavy atom. The third-order valence-corrected chi connectivity index (χ3v) is 3.73. The van der Waals surface area contributed by atoms with Crippen molar-refractivity contribution in [2.24, 2.45) is 0 Å².